The van der Waals surface area contributed by atoms with Crippen molar-refractivity contribution in [2.75, 3.05) is 33.3 Å². The molecular weight excluding hydrogens is 304 g/mol. The lowest BCUT2D eigenvalue weighted by Crippen LogP contribution is -2.53. The first-order chi connectivity index (χ1) is 11.1. The molecule has 1 heterocycles. The maximum absolute atomic E-state index is 12.9. The zero-order valence-corrected chi connectivity index (χ0v) is 15.6. The van der Waals surface area contributed by atoms with Gasteiger partial charge in [0.25, 0.3) is 5.91 Å². The molecule has 1 aliphatic rings. The molecule has 5 nitrogen and oxygen atoms in total. The van der Waals surface area contributed by atoms with Gasteiger partial charge in [-0.1, -0.05) is 26.8 Å². The summed E-state index contributed by atoms with van der Waals surface area (Å²) in [6, 6.07) is 3.89. The van der Waals surface area contributed by atoms with Crippen LogP contribution in [0.2, 0.25) is 0 Å². The molecule has 1 saturated heterocycles. The maximum Gasteiger partial charge on any atom is 0.257 e. The Morgan fingerprint density at radius 3 is 2.04 bits per heavy atom. The van der Waals surface area contributed by atoms with Crippen LogP contribution in [0.15, 0.2) is 12.1 Å². The Bertz CT molecular complexity index is 639. The van der Waals surface area contributed by atoms with Crippen LogP contribution >= 0.6 is 0 Å². The van der Waals surface area contributed by atoms with Crippen LogP contribution in [0.3, 0.4) is 0 Å². The van der Waals surface area contributed by atoms with Crippen LogP contribution in [0.25, 0.3) is 0 Å². The van der Waals surface area contributed by atoms with Crippen molar-refractivity contribution >= 4 is 11.8 Å². The minimum atomic E-state index is -0.386. The molecule has 0 saturated carbocycles. The molecule has 0 aromatic heterocycles. The summed E-state index contributed by atoms with van der Waals surface area (Å²) in [5.74, 6) is 0.749. The quantitative estimate of drug-likeness (QED) is 0.836. The van der Waals surface area contributed by atoms with E-state index in [2.05, 4.69) is 0 Å². The molecule has 5 heteroatoms. The second-order valence-corrected chi connectivity index (χ2v) is 7.50. The number of hydrogen-bond acceptors (Lipinski definition) is 3. The van der Waals surface area contributed by atoms with Crippen LogP contribution in [0, 0.1) is 19.3 Å². The van der Waals surface area contributed by atoms with Crippen LogP contribution in [0.4, 0.5) is 0 Å². The van der Waals surface area contributed by atoms with Crippen molar-refractivity contribution in [3.05, 3.63) is 28.8 Å². The van der Waals surface area contributed by atoms with Gasteiger partial charge in [0.05, 0.1) is 12.7 Å². The number of hydrogen-bond donors (Lipinski definition) is 0. The van der Waals surface area contributed by atoms with Gasteiger partial charge in [0.1, 0.15) is 5.75 Å². The molecule has 132 valence electrons. The van der Waals surface area contributed by atoms with E-state index in [4.69, 9.17) is 4.74 Å². The molecule has 2 rings (SSSR count). The van der Waals surface area contributed by atoms with Crippen molar-refractivity contribution in [3.8, 4) is 5.75 Å². The van der Waals surface area contributed by atoms with E-state index < -0.39 is 0 Å². The van der Waals surface area contributed by atoms with Crippen LogP contribution in [0.5, 0.6) is 5.75 Å². The molecule has 0 atom stereocenters. The maximum atomic E-state index is 12.9. The Morgan fingerprint density at radius 1 is 1.00 bits per heavy atom. The third-order valence-electron chi connectivity index (χ3n) is 4.35. The average molecular weight is 332 g/mol. The summed E-state index contributed by atoms with van der Waals surface area (Å²) < 4.78 is 5.44. The predicted molar refractivity (Wildman–Crippen MR) is 94.4 cm³/mol. The van der Waals surface area contributed by atoms with Gasteiger partial charge in [-0.05, 0) is 31.0 Å². The number of carbonyl (C=O) groups excluding carboxylic acids is 2. The highest BCUT2D eigenvalue weighted by Gasteiger charge is 2.31. The minimum Gasteiger partial charge on any atom is -0.496 e. The van der Waals surface area contributed by atoms with E-state index in [0.29, 0.717) is 37.5 Å². The van der Waals surface area contributed by atoms with E-state index >= 15 is 0 Å². The fourth-order valence-corrected chi connectivity index (χ4v) is 3.14. The molecule has 0 unspecified atom stereocenters. The van der Waals surface area contributed by atoms with Crippen molar-refractivity contribution in [2.45, 2.75) is 34.6 Å². The van der Waals surface area contributed by atoms with E-state index in [1.807, 2.05) is 56.6 Å². The standard InChI is InChI=1S/C19H28N2O3/c1-13-11-14(2)16(24-6)15(12-13)17(22)20-7-9-21(10-8-20)18(23)19(3,4)5/h11-12H,7-10H2,1-6H3. The monoisotopic (exact) mass is 332 g/mol. The van der Waals surface area contributed by atoms with Gasteiger partial charge in [0.2, 0.25) is 5.91 Å². The molecule has 0 N–H and O–H groups in total. The second-order valence-electron chi connectivity index (χ2n) is 7.50. The molecule has 1 aliphatic heterocycles. The number of benzene rings is 1. The Labute approximate surface area is 144 Å². The number of methoxy groups -OCH3 is 1. The number of amides is 2. The topological polar surface area (TPSA) is 49.9 Å². The highest BCUT2D eigenvalue weighted by Crippen LogP contribution is 2.27. The highest BCUT2D eigenvalue weighted by molar-refractivity contribution is 5.97. The Balaban J connectivity index is 2.13. The Morgan fingerprint density at radius 2 is 1.54 bits per heavy atom. The van der Waals surface area contributed by atoms with Crippen molar-refractivity contribution in [1.29, 1.82) is 0 Å². The van der Waals surface area contributed by atoms with Gasteiger partial charge >= 0.3 is 0 Å². The van der Waals surface area contributed by atoms with Crippen molar-refractivity contribution in [2.24, 2.45) is 5.41 Å². The molecule has 0 radical (unpaired) electrons. The summed E-state index contributed by atoms with van der Waals surface area (Å²) in [7, 11) is 1.59. The third kappa shape index (κ3) is 3.71. The summed E-state index contributed by atoms with van der Waals surface area (Å²) in [6.07, 6.45) is 0. The smallest absolute Gasteiger partial charge is 0.257 e. The normalized spacial score (nSPS) is 15.4. The Kier molecular flexibility index (Phi) is 5.21. The van der Waals surface area contributed by atoms with Gasteiger partial charge in [0.15, 0.2) is 0 Å². The summed E-state index contributed by atoms with van der Waals surface area (Å²) in [5, 5.41) is 0. The summed E-state index contributed by atoms with van der Waals surface area (Å²) in [5.41, 5.74) is 2.22. The number of piperazine rings is 1. The lowest BCUT2D eigenvalue weighted by Gasteiger charge is -2.37. The fourth-order valence-electron chi connectivity index (χ4n) is 3.14. The van der Waals surface area contributed by atoms with E-state index in [9.17, 15) is 9.59 Å². The first-order valence-corrected chi connectivity index (χ1v) is 8.39. The molecule has 1 fully saturated rings. The summed E-state index contributed by atoms with van der Waals surface area (Å²) >= 11 is 0. The molecule has 0 spiro atoms. The molecule has 0 bridgehead atoms. The van der Waals surface area contributed by atoms with Crippen molar-refractivity contribution < 1.29 is 14.3 Å². The molecule has 1 aromatic rings. The molecular formula is C19H28N2O3. The zero-order valence-electron chi connectivity index (χ0n) is 15.6. The van der Waals surface area contributed by atoms with Gasteiger partial charge < -0.3 is 14.5 Å². The molecule has 2 amide bonds. The SMILES string of the molecule is COc1c(C)cc(C)cc1C(=O)N1CCN(C(=O)C(C)(C)C)CC1. The molecule has 1 aromatic carbocycles. The van der Waals surface area contributed by atoms with Gasteiger partial charge in [-0.25, -0.2) is 0 Å². The van der Waals surface area contributed by atoms with Gasteiger partial charge in [0, 0.05) is 31.6 Å². The van der Waals surface area contributed by atoms with Crippen molar-refractivity contribution in [1.82, 2.24) is 9.80 Å². The van der Waals surface area contributed by atoms with Gasteiger partial charge in [-0.3, -0.25) is 9.59 Å². The van der Waals surface area contributed by atoms with E-state index in [1.54, 1.807) is 7.11 Å². The third-order valence-corrected chi connectivity index (χ3v) is 4.35. The predicted octanol–water partition coefficient (Wildman–Crippen LogP) is 2.64. The van der Waals surface area contributed by atoms with E-state index in [1.165, 1.54) is 0 Å². The lowest BCUT2D eigenvalue weighted by molar-refractivity contribution is -0.140. The number of aryl methyl sites for hydroxylation is 2. The van der Waals surface area contributed by atoms with Crippen LogP contribution in [0.1, 0.15) is 42.3 Å². The van der Waals surface area contributed by atoms with Crippen LogP contribution in [-0.4, -0.2) is 54.9 Å². The van der Waals surface area contributed by atoms with E-state index in [-0.39, 0.29) is 17.2 Å². The first-order valence-electron chi connectivity index (χ1n) is 8.39. The highest BCUT2D eigenvalue weighted by atomic mass is 16.5. The molecule has 24 heavy (non-hydrogen) atoms. The van der Waals surface area contributed by atoms with Crippen LogP contribution in [-0.2, 0) is 4.79 Å². The minimum absolute atomic E-state index is 0.0264. The Hall–Kier alpha value is -2.04. The lowest BCUT2D eigenvalue weighted by atomic mass is 9.94. The summed E-state index contributed by atoms with van der Waals surface area (Å²) in [4.78, 5) is 28.9. The number of rotatable bonds is 2. The molecule has 0 aliphatic carbocycles. The first kappa shape index (κ1) is 18.3. The van der Waals surface area contributed by atoms with Crippen molar-refractivity contribution in [3.63, 3.8) is 0 Å². The van der Waals surface area contributed by atoms with E-state index in [0.717, 1.165) is 11.1 Å². The number of ether oxygens (including phenoxy) is 1. The second kappa shape index (κ2) is 6.83. The zero-order chi connectivity index (χ0) is 18.1. The van der Waals surface area contributed by atoms with Gasteiger partial charge in [-0.15, -0.1) is 0 Å². The summed E-state index contributed by atoms with van der Waals surface area (Å²) in [6.45, 7) is 12.0. The number of nitrogens with zero attached hydrogens (tertiary/aromatic N) is 2. The number of carbonyl (C=O) groups is 2. The largest absolute Gasteiger partial charge is 0.496 e. The average Bonchev–Trinajstić information content (AvgIpc) is 2.52. The fraction of sp³-hybridized carbons (Fsp3) is 0.579. The van der Waals surface area contributed by atoms with Gasteiger partial charge in [-0.2, -0.15) is 0 Å². The van der Waals surface area contributed by atoms with Crippen LogP contribution < -0.4 is 4.74 Å².